The van der Waals surface area contributed by atoms with Crippen molar-refractivity contribution in [1.29, 1.82) is 0 Å². The van der Waals surface area contributed by atoms with Gasteiger partial charge >= 0.3 is 0 Å². The van der Waals surface area contributed by atoms with Gasteiger partial charge in [0, 0.05) is 25.7 Å². The predicted octanol–water partition coefficient (Wildman–Crippen LogP) is 2.83. The number of benzene rings is 1. The quantitative estimate of drug-likeness (QED) is 0.922. The molecule has 3 rings (SSSR count). The SMILES string of the molecule is Cc1cc(CN[C@H](C(=O)N2CCCCC2)c2ccccc2)no1. The Hall–Kier alpha value is -2.14. The van der Waals surface area contributed by atoms with Gasteiger partial charge in [-0.3, -0.25) is 10.1 Å². The Morgan fingerprint density at radius 3 is 2.65 bits per heavy atom. The fraction of sp³-hybridized carbons (Fsp3) is 0.444. The minimum absolute atomic E-state index is 0.149. The molecular formula is C18H23N3O2. The summed E-state index contributed by atoms with van der Waals surface area (Å²) >= 11 is 0. The summed E-state index contributed by atoms with van der Waals surface area (Å²) in [6.45, 7) is 4.08. The lowest BCUT2D eigenvalue weighted by Crippen LogP contribution is -2.43. The maximum absolute atomic E-state index is 12.9. The molecule has 0 saturated carbocycles. The molecule has 2 heterocycles. The molecule has 2 aromatic rings. The Morgan fingerprint density at radius 2 is 2.00 bits per heavy atom. The molecule has 1 aliphatic rings. The van der Waals surface area contributed by atoms with E-state index in [1.165, 1.54) is 6.42 Å². The first-order valence-electron chi connectivity index (χ1n) is 8.23. The summed E-state index contributed by atoms with van der Waals surface area (Å²) in [4.78, 5) is 14.9. The third-order valence-electron chi connectivity index (χ3n) is 4.21. The second-order valence-electron chi connectivity index (χ2n) is 6.04. The van der Waals surface area contributed by atoms with E-state index in [1.54, 1.807) is 0 Å². The summed E-state index contributed by atoms with van der Waals surface area (Å²) in [5.41, 5.74) is 1.80. The molecule has 0 radical (unpaired) electrons. The third kappa shape index (κ3) is 3.99. The standard InChI is InChI=1S/C18H23N3O2/c1-14-12-16(20-23-14)13-19-17(15-8-4-2-5-9-15)18(22)21-10-6-3-7-11-21/h2,4-5,8-9,12,17,19H,3,6-7,10-11,13H2,1H3/t17-/m0/s1. The maximum Gasteiger partial charge on any atom is 0.244 e. The summed E-state index contributed by atoms with van der Waals surface area (Å²) in [6.07, 6.45) is 3.40. The van der Waals surface area contributed by atoms with Gasteiger partial charge in [0.05, 0.1) is 5.69 Å². The van der Waals surface area contributed by atoms with Crippen molar-refractivity contribution in [3.05, 3.63) is 53.4 Å². The zero-order valence-electron chi connectivity index (χ0n) is 13.5. The molecule has 1 amide bonds. The summed E-state index contributed by atoms with van der Waals surface area (Å²) < 4.78 is 5.09. The Balaban J connectivity index is 1.74. The van der Waals surface area contributed by atoms with E-state index in [9.17, 15) is 4.79 Å². The first-order chi connectivity index (χ1) is 11.2. The summed E-state index contributed by atoms with van der Waals surface area (Å²) in [5, 5.41) is 7.34. The average Bonchev–Trinajstić information content (AvgIpc) is 3.02. The van der Waals surface area contributed by atoms with Crippen molar-refractivity contribution < 1.29 is 9.32 Å². The fourth-order valence-electron chi connectivity index (χ4n) is 3.00. The number of nitrogens with zero attached hydrogens (tertiary/aromatic N) is 2. The van der Waals surface area contributed by atoms with Crippen LogP contribution in [0.25, 0.3) is 0 Å². The van der Waals surface area contributed by atoms with Crippen LogP contribution in [0.5, 0.6) is 0 Å². The number of hydrogen-bond donors (Lipinski definition) is 1. The minimum Gasteiger partial charge on any atom is -0.361 e. The molecule has 0 bridgehead atoms. The van der Waals surface area contributed by atoms with Crippen LogP contribution in [-0.2, 0) is 11.3 Å². The highest BCUT2D eigenvalue weighted by Crippen LogP contribution is 2.19. The highest BCUT2D eigenvalue weighted by Gasteiger charge is 2.26. The Bertz CT molecular complexity index is 633. The molecule has 1 saturated heterocycles. The largest absolute Gasteiger partial charge is 0.361 e. The van der Waals surface area contributed by atoms with E-state index in [1.807, 2.05) is 48.2 Å². The van der Waals surface area contributed by atoms with Gasteiger partial charge in [0.15, 0.2) is 0 Å². The Morgan fingerprint density at radius 1 is 1.26 bits per heavy atom. The van der Waals surface area contributed by atoms with Crippen molar-refractivity contribution in [2.75, 3.05) is 13.1 Å². The van der Waals surface area contributed by atoms with E-state index in [4.69, 9.17) is 4.52 Å². The second-order valence-corrected chi connectivity index (χ2v) is 6.04. The molecular weight excluding hydrogens is 290 g/mol. The number of piperidine rings is 1. The van der Waals surface area contributed by atoms with Crippen molar-refractivity contribution >= 4 is 5.91 Å². The van der Waals surface area contributed by atoms with Crippen LogP contribution in [0.2, 0.25) is 0 Å². The van der Waals surface area contributed by atoms with Crippen molar-refractivity contribution in [1.82, 2.24) is 15.4 Å². The van der Waals surface area contributed by atoms with Gasteiger partial charge in [0.1, 0.15) is 11.8 Å². The normalized spacial score (nSPS) is 16.3. The monoisotopic (exact) mass is 313 g/mol. The molecule has 0 unspecified atom stereocenters. The van der Waals surface area contributed by atoms with Gasteiger partial charge in [0.25, 0.3) is 0 Å². The smallest absolute Gasteiger partial charge is 0.244 e. The van der Waals surface area contributed by atoms with E-state index >= 15 is 0 Å². The lowest BCUT2D eigenvalue weighted by molar-refractivity contribution is -0.134. The first kappa shape index (κ1) is 15.7. The summed E-state index contributed by atoms with van der Waals surface area (Å²) in [5.74, 6) is 0.927. The maximum atomic E-state index is 12.9. The number of likely N-dealkylation sites (tertiary alicyclic amines) is 1. The van der Waals surface area contributed by atoms with Crippen molar-refractivity contribution in [2.24, 2.45) is 0 Å². The van der Waals surface area contributed by atoms with E-state index < -0.39 is 0 Å². The topological polar surface area (TPSA) is 58.4 Å². The Kier molecular flexibility index (Phi) is 5.08. The molecule has 1 N–H and O–H groups in total. The fourth-order valence-corrected chi connectivity index (χ4v) is 3.00. The molecule has 1 fully saturated rings. The van der Waals surface area contributed by atoms with Crippen LogP contribution in [0.15, 0.2) is 40.9 Å². The molecule has 5 heteroatoms. The molecule has 1 aromatic heterocycles. The van der Waals surface area contributed by atoms with Crippen LogP contribution in [0.3, 0.4) is 0 Å². The lowest BCUT2D eigenvalue weighted by Gasteiger charge is -2.31. The molecule has 23 heavy (non-hydrogen) atoms. The summed E-state index contributed by atoms with van der Waals surface area (Å²) in [6, 6.07) is 11.4. The zero-order valence-corrected chi connectivity index (χ0v) is 13.5. The molecule has 0 aliphatic carbocycles. The molecule has 1 aromatic carbocycles. The molecule has 122 valence electrons. The van der Waals surface area contributed by atoms with Crippen molar-refractivity contribution in [3.63, 3.8) is 0 Å². The van der Waals surface area contributed by atoms with Crippen LogP contribution in [-0.4, -0.2) is 29.1 Å². The van der Waals surface area contributed by atoms with Crippen LogP contribution >= 0.6 is 0 Å². The first-order valence-corrected chi connectivity index (χ1v) is 8.23. The summed E-state index contributed by atoms with van der Waals surface area (Å²) in [7, 11) is 0. The number of nitrogens with one attached hydrogen (secondary N) is 1. The average molecular weight is 313 g/mol. The van der Waals surface area contributed by atoms with Crippen LogP contribution in [0.1, 0.15) is 42.3 Å². The highest BCUT2D eigenvalue weighted by atomic mass is 16.5. The van der Waals surface area contributed by atoms with E-state index in [0.29, 0.717) is 6.54 Å². The highest BCUT2D eigenvalue weighted by molar-refractivity contribution is 5.83. The van der Waals surface area contributed by atoms with Gasteiger partial charge in [-0.05, 0) is 31.7 Å². The molecule has 1 atom stereocenters. The van der Waals surface area contributed by atoms with E-state index in [2.05, 4.69) is 10.5 Å². The van der Waals surface area contributed by atoms with Gasteiger partial charge in [-0.25, -0.2) is 0 Å². The lowest BCUT2D eigenvalue weighted by atomic mass is 10.0. The second kappa shape index (κ2) is 7.42. The van der Waals surface area contributed by atoms with E-state index in [-0.39, 0.29) is 11.9 Å². The molecule has 1 aliphatic heterocycles. The van der Waals surface area contributed by atoms with Gasteiger partial charge in [-0.2, -0.15) is 0 Å². The van der Waals surface area contributed by atoms with E-state index in [0.717, 1.165) is 42.9 Å². The number of hydrogen-bond acceptors (Lipinski definition) is 4. The van der Waals surface area contributed by atoms with Crippen molar-refractivity contribution in [3.8, 4) is 0 Å². The van der Waals surface area contributed by atoms with Gasteiger partial charge in [-0.1, -0.05) is 35.5 Å². The van der Waals surface area contributed by atoms with Gasteiger partial charge in [-0.15, -0.1) is 0 Å². The predicted molar refractivity (Wildman–Crippen MR) is 87.7 cm³/mol. The number of aromatic nitrogens is 1. The Labute approximate surface area is 136 Å². The van der Waals surface area contributed by atoms with Crippen molar-refractivity contribution in [2.45, 2.75) is 38.8 Å². The number of amides is 1. The third-order valence-corrected chi connectivity index (χ3v) is 4.21. The van der Waals surface area contributed by atoms with Gasteiger partial charge in [0.2, 0.25) is 5.91 Å². The van der Waals surface area contributed by atoms with Crippen LogP contribution < -0.4 is 5.32 Å². The number of carbonyl (C=O) groups excluding carboxylic acids is 1. The van der Waals surface area contributed by atoms with Crippen LogP contribution in [0, 0.1) is 6.92 Å². The number of carbonyl (C=O) groups is 1. The minimum atomic E-state index is -0.341. The zero-order chi connectivity index (χ0) is 16.1. The number of rotatable bonds is 5. The van der Waals surface area contributed by atoms with Crippen LogP contribution in [0.4, 0.5) is 0 Å². The molecule has 0 spiro atoms. The number of aryl methyl sites for hydroxylation is 1. The molecule has 5 nitrogen and oxygen atoms in total. The van der Waals surface area contributed by atoms with Gasteiger partial charge < -0.3 is 9.42 Å².